The van der Waals surface area contributed by atoms with Crippen molar-refractivity contribution >= 4 is 0 Å². The van der Waals surface area contributed by atoms with Gasteiger partial charge in [-0.1, -0.05) is 19.3 Å². The largest absolute Gasteiger partial charge is 0.432 e. The lowest BCUT2D eigenvalue weighted by atomic mass is 9.75. The van der Waals surface area contributed by atoms with Crippen molar-refractivity contribution in [2.45, 2.75) is 63.3 Å². The molecule has 2 aromatic carbocycles. The second kappa shape index (κ2) is 10.9. The van der Waals surface area contributed by atoms with Gasteiger partial charge in [-0.2, -0.15) is 8.78 Å². The highest BCUT2D eigenvalue weighted by Crippen LogP contribution is 2.43. The number of alkyl halides is 2. The molecule has 4 nitrogen and oxygen atoms in total. The second-order valence-electron chi connectivity index (χ2n) is 10.4. The van der Waals surface area contributed by atoms with Crippen LogP contribution in [0.1, 0.15) is 62.0 Å². The summed E-state index contributed by atoms with van der Waals surface area (Å²) in [4.78, 5) is 2.99. The molecule has 3 aliphatic rings. The van der Waals surface area contributed by atoms with Gasteiger partial charge in [-0.05, 0) is 55.2 Å². The number of rotatable bonds is 7. The van der Waals surface area contributed by atoms with Gasteiger partial charge in [0.15, 0.2) is 17.9 Å². The van der Waals surface area contributed by atoms with Crippen molar-refractivity contribution in [3.05, 3.63) is 58.7 Å². The molecule has 1 aliphatic heterocycles. The first-order valence-electron chi connectivity index (χ1n) is 12.7. The van der Waals surface area contributed by atoms with Crippen LogP contribution in [0.4, 0.5) is 30.9 Å². The highest BCUT2D eigenvalue weighted by atomic mass is 19.3. The molecule has 0 atom stereocenters. The summed E-state index contributed by atoms with van der Waals surface area (Å²) in [6, 6.07) is 2.08. The Morgan fingerprint density at radius 2 is 1.29 bits per heavy atom. The minimum absolute atomic E-state index is 0.148. The van der Waals surface area contributed by atoms with Crippen LogP contribution in [0.2, 0.25) is 0 Å². The highest BCUT2D eigenvalue weighted by molar-refractivity contribution is 5.36. The topological polar surface area (TPSA) is 36.9 Å². The number of ether oxygens (including phenoxy) is 3. The normalized spacial score (nSPS) is 26.6. The average Bonchev–Trinajstić information content (AvgIpc) is 2.82. The van der Waals surface area contributed by atoms with E-state index in [-0.39, 0.29) is 35.8 Å². The van der Waals surface area contributed by atoms with E-state index in [0.29, 0.717) is 50.7 Å². The molecule has 0 N–H and O–H groups in total. The molecule has 0 radical (unpaired) electrons. The molecule has 5 rings (SSSR count). The predicted octanol–water partition coefficient (Wildman–Crippen LogP) is 7.70. The lowest BCUT2D eigenvalue weighted by Crippen LogP contribution is -2.42. The minimum atomic E-state index is -4.62. The molecule has 1 saturated heterocycles. The fourth-order valence-electron chi connectivity index (χ4n) is 5.69. The molecular weight excluding hydrogens is 521 g/mol. The van der Waals surface area contributed by atoms with Gasteiger partial charge in [-0.25, -0.2) is 17.6 Å². The summed E-state index contributed by atoms with van der Waals surface area (Å²) in [7, 11) is 0. The molecule has 2 aromatic rings. The lowest BCUT2D eigenvalue weighted by Gasteiger charge is -2.41. The van der Waals surface area contributed by atoms with Crippen molar-refractivity contribution in [2.24, 2.45) is 17.8 Å². The van der Waals surface area contributed by atoms with Gasteiger partial charge < -0.3 is 14.2 Å². The zero-order chi connectivity index (χ0) is 27.0. The summed E-state index contributed by atoms with van der Waals surface area (Å²) in [5.41, 5.74) is -1.47. The van der Waals surface area contributed by atoms with Gasteiger partial charge in [0.05, 0.1) is 13.2 Å². The van der Waals surface area contributed by atoms with Gasteiger partial charge >= 0.3 is 6.11 Å². The van der Waals surface area contributed by atoms with E-state index >= 15 is 0 Å². The second-order valence-corrected chi connectivity index (χ2v) is 10.4. The van der Waals surface area contributed by atoms with E-state index in [1.165, 1.54) is 19.3 Å². The van der Waals surface area contributed by atoms with Crippen LogP contribution in [-0.4, -0.2) is 19.5 Å². The number of hydrogen-bond donors (Lipinski definition) is 0. The smallest absolute Gasteiger partial charge is 0.429 e. The molecule has 0 aromatic heterocycles. The molecule has 0 amide bonds. The first-order valence-corrected chi connectivity index (χ1v) is 12.7. The third kappa shape index (κ3) is 5.45. The Kier molecular flexibility index (Phi) is 7.77. The Morgan fingerprint density at radius 1 is 0.711 bits per heavy atom. The van der Waals surface area contributed by atoms with Crippen LogP contribution in [0, 0.1) is 41.0 Å². The van der Waals surface area contributed by atoms with Crippen molar-refractivity contribution in [3.63, 3.8) is 0 Å². The van der Waals surface area contributed by atoms with E-state index in [9.17, 15) is 30.9 Å². The van der Waals surface area contributed by atoms with Crippen LogP contribution in [0.3, 0.4) is 0 Å². The van der Waals surface area contributed by atoms with E-state index in [0.717, 1.165) is 12.1 Å². The fraction of sp³-hybridized carbons (Fsp3) is 0.556. The van der Waals surface area contributed by atoms with E-state index in [1.54, 1.807) is 0 Å². The third-order valence-corrected chi connectivity index (χ3v) is 8.04. The van der Waals surface area contributed by atoms with Crippen LogP contribution in [0.15, 0.2) is 24.3 Å². The Bertz CT molecular complexity index is 1090. The van der Waals surface area contributed by atoms with Gasteiger partial charge in [-0.15, -0.1) is 0 Å². The molecule has 2 aliphatic carbocycles. The maximum atomic E-state index is 14.8. The molecule has 2 saturated carbocycles. The van der Waals surface area contributed by atoms with Crippen LogP contribution in [0.5, 0.6) is 11.5 Å². The monoisotopic (exact) mass is 548 g/mol. The summed E-state index contributed by atoms with van der Waals surface area (Å²) in [6.45, 7) is 1.35. The van der Waals surface area contributed by atoms with E-state index in [1.807, 2.05) is 0 Å². The summed E-state index contributed by atoms with van der Waals surface area (Å²) in [6.07, 6.45) is 1.32. The van der Waals surface area contributed by atoms with Crippen molar-refractivity contribution in [1.82, 2.24) is 0 Å². The molecule has 38 heavy (non-hydrogen) atoms. The zero-order valence-corrected chi connectivity index (χ0v) is 20.3. The van der Waals surface area contributed by atoms with E-state index in [2.05, 4.69) is 9.68 Å². The summed E-state index contributed by atoms with van der Waals surface area (Å²) in [5, 5.41) is 0. The van der Waals surface area contributed by atoms with Gasteiger partial charge in [0.25, 0.3) is 0 Å². The van der Waals surface area contributed by atoms with E-state index in [4.69, 9.17) is 9.47 Å². The maximum Gasteiger partial charge on any atom is 0.432 e. The van der Waals surface area contributed by atoms with Gasteiger partial charge in [0.1, 0.15) is 22.9 Å². The molecule has 0 spiro atoms. The lowest BCUT2D eigenvalue weighted by molar-refractivity contribution is -0.238. The predicted molar refractivity (Wildman–Crippen MR) is 120 cm³/mol. The Balaban J connectivity index is 1.22. The maximum absolute atomic E-state index is 14.8. The van der Waals surface area contributed by atoms with Crippen molar-refractivity contribution in [2.75, 3.05) is 13.2 Å². The number of halogens is 7. The van der Waals surface area contributed by atoms with Crippen molar-refractivity contribution in [3.8, 4) is 11.5 Å². The Morgan fingerprint density at radius 3 is 1.79 bits per heavy atom. The molecular formula is C27H27F7O4. The molecule has 1 heterocycles. The quantitative estimate of drug-likeness (QED) is 0.333. The summed E-state index contributed by atoms with van der Waals surface area (Å²) < 4.78 is 115. The first kappa shape index (κ1) is 27.1. The molecule has 208 valence electrons. The Labute approximate surface area is 214 Å². The van der Waals surface area contributed by atoms with E-state index < -0.39 is 46.4 Å². The van der Waals surface area contributed by atoms with Gasteiger partial charge in [0.2, 0.25) is 5.75 Å². The van der Waals surface area contributed by atoms with Crippen LogP contribution in [-0.2, 0) is 15.6 Å². The fourth-order valence-corrected chi connectivity index (χ4v) is 5.69. The van der Waals surface area contributed by atoms with Gasteiger partial charge in [0, 0.05) is 28.5 Å². The van der Waals surface area contributed by atoms with Gasteiger partial charge in [-0.3, -0.25) is 4.94 Å². The number of benzene rings is 2. The number of hydrogen-bond acceptors (Lipinski definition) is 4. The standard InChI is InChI=1S/C27H27F7O4/c28-20-8-17(15-4-6-16(7-5-15)26-35-12-18(13-36-26)14-2-1-3-14)9-21(29)24(20)27(32,33)37-19-10-22(30)25(38-34)23(31)11-19/h8-11,14-16,18,26H,1-7,12-13H2. The SMILES string of the molecule is FOc1c(F)cc(OC(F)(F)c2c(F)cc(C3CCC(C4OCC(C5CCC5)CO4)CC3)cc2F)cc1F. The minimum Gasteiger partial charge on any atom is -0.429 e. The first-order chi connectivity index (χ1) is 18.2. The molecule has 11 heteroatoms. The molecule has 0 unspecified atom stereocenters. The molecule has 3 fully saturated rings. The average molecular weight is 548 g/mol. The summed E-state index contributed by atoms with van der Waals surface area (Å²) in [5.74, 6) is -8.03. The van der Waals surface area contributed by atoms with Crippen LogP contribution >= 0.6 is 0 Å². The van der Waals surface area contributed by atoms with Crippen molar-refractivity contribution in [1.29, 1.82) is 0 Å². The third-order valence-electron chi connectivity index (χ3n) is 8.04. The highest BCUT2D eigenvalue weighted by Gasteiger charge is 2.42. The Hall–Kier alpha value is -2.53. The summed E-state index contributed by atoms with van der Waals surface area (Å²) >= 11 is 0. The molecule has 0 bridgehead atoms. The van der Waals surface area contributed by atoms with Crippen LogP contribution in [0.25, 0.3) is 0 Å². The zero-order valence-electron chi connectivity index (χ0n) is 20.3. The van der Waals surface area contributed by atoms with Crippen LogP contribution < -0.4 is 9.68 Å². The van der Waals surface area contributed by atoms with Crippen molar-refractivity contribution < 1.29 is 50.0 Å².